The van der Waals surface area contributed by atoms with Crippen LogP contribution in [0.1, 0.15) is 0 Å². The summed E-state index contributed by atoms with van der Waals surface area (Å²) in [6.07, 6.45) is -2.58. The Labute approximate surface area is 47.3 Å². The molecule has 0 radical (unpaired) electrons. The molecule has 0 aromatic rings. The maximum atomic E-state index is 10.9. The Balaban J connectivity index is 3.75. The summed E-state index contributed by atoms with van der Waals surface area (Å²) in [5, 5.41) is 0. The zero-order chi connectivity index (χ0) is 7.71. The third-order valence-electron chi connectivity index (χ3n) is 0.535. The van der Waals surface area contributed by atoms with E-state index in [9.17, 15) is 25.9 Å². The average molecular weight is 150 g/mol. The predicted octanol–water partition coefficient (Wildman–Crippen LogP) is 2.22. The van der Waals surface area contributed by atoms with Gasteiger partial charge < -0.3 is 25.9 Å². The summed E-state index contributed by atoms with van der Waals surface area (Å²) >= 11 is 0. The number of rotatable bonds is 2. The molecule has 0 atom stereocenters. The van der Waals surface area contributed by atoms with E-state index in [0.29, 0.717) is 0 Å². The van der Waals surface area contributed by atoms with Crippen LogP contribution in [0.5, 0.6) is 0 Å². The van der Waals surface area contributed by atoms with Crippen LogP contribution in [0, 0.1) is 0 Å². The van der Waals surface area contributed by atoms with E-state index < -0.39 is 20.2 Å². The summed E-state index contributed by atoms with van der Waals surface area (Å²) in [6.45, 7) is -11.4. The Morgan fingerprint density at radius 1 is 0.667 bits per heavy atom. The molecule has 56 valence electrons. The number of hydrogen-bond acceptors (Lipinski definition) is 0. The normalized spacial score (nSPS) is 14.0. The molecule has 0 fully saturated rings. The van der Waals surface area contributed by atoms with E-state index in [2.05, 4.69) is 0 Å². The Bertz CT molecular complexity index is 76.2. The van der Waals surface area contributed by atoms with Crippen molar-refractivity contribution in [3.63, 3.8) is 0 Å². The van der Waals surface area contributed by atoms with E-state index >= 15 is 0 Å². The summed E-state index contributed by atoms with van der Waals surface area (Å²) in [4.78, 5) is 0. The van der Waals surface area contributed by atoms with Gasteiger partial charge in [-0.25, -0.2) is 0 Å². The molecule has 0 spiro atoms. The maximum Gasteiger partial charge on any atom is 0.452 e. The van der Waals surface area contributed by atoms with Crippen LogP contribution in [0.2, 0.25) is 6.22 Å². The van der Waals surface area contributed by atoms with Crippen LogP contribution < -0.4 is 0 Å². The minimum absolute atomic E-state index is 2.58. The smallest absolute Gasteiger partial charge is 0.451 e. The predicted molar refractivity (Wildman–Crippen MR) is 23.0 cm³/mol. The first-order chi connectivity index (χ1) is 3.71. The lowest BCUT2D eigenvalue weighted by atomic mass is 9.65. The van der Waals surface area contributed by atoms with E-state index in [1.165, 1.54) is 0 Å². The van der Waals surface area contributed by atoms with Crippen molar-refractivity contribution in [2.45, 2.75) is 6.22 Å². The minimum atomic E-state index is -5.69. The topological polar surface area (TPSA) is 0 Å². The lowest BCUT2D eigenvalue weighted by Gasteiger charge is -2.21. The Hall–Kier alpha value is -0.290. The Kier molecular flexibility index (Phi) is 2.08. The molecule has 0 aliphatic rings. The molecule has 0 rings (SSSR count). The molecule has 0 aromatic heterocycles. The van der Waals surface area contributed by atoms with Crippen LogP contribution in [-0.4, -0.2) is 14.0 Å². The van der Waals surface area contributed by atoms with Crippen LogP contribution in [-0.2, 0) is 0 Å². The summed E-state index contributed by atoms with van der Waals surface area (Å²) in [7, 11) is 0. The molecule has 9 heavy (non-hydrogen) atoms. The monoisotopic (exact) mass is 150 g/mol. The van der Waals surface area contributed by atoms with Gasteiger partial charge in [0, 0.05) is 0 Å². The first kappa shape index (κ1) is 8.71. The fourth-order valence-corrected chi connectivity index (χ4v) is 0.303. The van der Waals surface area contributed by atoms with E-state index in [1.807, 2.05) is 0 Å². The highest BCUT2D eigenvalue weighted by Crippen LogP contribution is 2.25. The average Bonchev–Trinajstić information content (AvgIpc) is 1.14. The second kappa shape index (κ2) is 2.15. The highest BCUT2D eigenvalue weighted by atomic mass is 19.4. The van der Waals surface area contributed by atoms with Crippen molar-refractivity contribution in [2.24, 2.45) is 0 Å². The summed E-state index contributed by atoms with van der Waals surface area (Å²) in [6, 6.07) is 0. The van der Waals surface area contributed by atoms with Crippen molar-refractivity contribution < 1.29 is 25.9 Å². The molecule has 0 N–H and O–H groups in total. The lowest BCUT2D eigenvalue weighted by Crippen LogP contribution is -2.29. The van der Waals surface area contributed by atoms with Crippen LogP contribution in [0.15, 0.2) is 0 Å². The quantitative estimate of drug-likeness (QED) is 0.417. The van der Waals surface area contributed by atoms with Crippen LogP contribution >= 0.6 is 0 Å². The number of halogens is 6. The molecule has 8 heteroatoms. The largest absolute Gasteiger partial charge is 0.452 e. The minimum Gasteiger partial charge on any atom is -0.451 e. The van der Waals surface area contributed by atoms with E-state index in [4.69, 9.17) is 0 Å². The van der Waals surface area contributed by atoms with Gasteiger partial charge in [-0.3, -0.25) is 0 Å². The van der Waals surface area contributed by atoms with Crippen molar-refractivity contribution in [2.75, 3.05) is 0 Å². The van der Waals surface area contributed by atoms with Gasteiger partial charge in [0.2, 0.25) is 0 Å². The van der Waals surface area contributed by atoms with Crippen molar-refractivity contribution in [3.8, 4) is 0 Å². The fourth-order valence-electron chi connectivity index (χ4n) is 0.303. The molecule has 0 amide bonds. The van der Waals surface area contributed by atoms with Gasteiger partial charge in [0.1, 0.15) is 0 Å². The number of hydrogen-bond donors (Lipinski definition) is 0. The van der Waals surface area contributed by atoms with Gasteiger partial charge in [0.25, 0.3) is 0 Å². The third kappa shape index (κ3) is 7.71. The van der Waals surface area contributed by atoms with Crippen molar-refractivity contribution in [1.82, 2.24) is 0 Å². The molecule has 0 aliphatic heterocycles. The molecule has 0 saturated carbocycles. The summed E-state index contributed by atoms with van der Waals surface area (Å²) in [5.41, 5.74) is 0. The van der Waals surface area contributed by atoms with Crippen LogP contribution in [0.4, 0.5) is 25.9 Å². The van der Waals surface area contributed by atoms with Crippen molar-refractivity contribution in [1.29, 1.82) is 0 Å². The van der Waals surface area contributed by atoms with E-state index in [1.54, 1.807) is 0 Å². The van der Waals surface area contributed by atoms with Gasteiger partial charge in [-0.15, -0.1) is 6.22 Å². The van der Waals surface area contributed by atoms with E-state index in [0.717, 1.165) is 0 Å². The molecule has 0 aliphatic carbocycles. The molecule has 0 aromatic carbocycles. The van der Waals surface area contributed by atoms with Gasteiger partial charge in [0.05, 0.1) is 0 Å². The van der Waals surface area contributed by atoms with Crippen molar-refractivity contribution in [3.05, 3.63) is 0 Å². The van der Waals surface area contributed by atoms with Gasteiger partial charge in [-0.05, 0) is 0 Å². The first-order valence-electron chi connectivity index (χ1n) is 2.13. The summed E-state index contributed by atoms with van der Waals surface area (Å²) in [5.74, 6) is 0. The highest BCUT2D eigenvalue weighted by molar-refractivity contribution is 6.78. The molecule has 0 bridgehead atoms. The molecule has 0 nitrogen and oxygen atoms in total. The van der Waals surface area contributed by atoms with Gasteiger partial charge >= 0.3 is 14.0 Å². The SMILES string of the molecule is F[B-](F)(F)C[B-](F)(F)F. The zero-order valence-electron chi connectivity index (χ0n) is 4.13. The zero-order valence-corrected chi connectivity index (χ0v) is 4.13. The molecule has 0 saturated heterocycles. The van der Waals surface area contributed by atoms with E-state index in [-0.39, 0.29) is 0 Å². The first-order valence-corrected chi connectivity index (χ1v) is 2.13. The summed E-state index contributed by atoms with van der Waals surface area (Å²) < 4.78 is 65.5. The molecule has 0 heterocycles. The van der Waals surface area contributed by atoms with Gasteiger partial charge in [-0.1, -0.05) is 0 Å². The van der Waals surface area contributed by atoms with Gasteiger partial charge in [-0.2, -0.15) is 0 Å². The lowest BCUT2D eigenvalue weighted by molar-refractivity contribution is 0.436. The Morgan fingerprint density at radius 3 is 0.889 bits per heavy atom. The molecule has 0 unspecified atom stereocenters. The standard InChI is InChI=1S/CH2B2F6/c4-2(5,6)1-3(7,8)9/h1H2/q-2. The van der Waals surface area contributed by atoms with Crippen molar-refractivity contribution >= 4 is 14.0 Å². The molecular formula is CH2B2F6-2. The second-order valence-corrected chi connectivity index (χ2v) is 1.66. The maximum absolute atomic E-state index is 10.9. The fraction of sp³-hybridized carbons (Fsp3) is 1.00. The Morgan fingerprint density at radius 2 is 0.889 bits per heavy atom. The third-order valence-corrected chi connectivity index (χ3v) is 0.535. The van der Waals surface area contributed by atoms with Gasteiger partial charge in [0.15, 0.2) is 0 Å². The second-order valence-electron chi connectivity index (χ2n) is 1.66. The molecular weight excluding hydrogens is 148 g/mol. The van der Waals surface area contributed by atoms with Crippen LogP contribution in [0.25, 0.3) is 0 Å². The highest BCUT2D eigenvalue weighted by Gasteiger charge is 2.34. The van der Waals surface area contributed by atoms with Crippen LogP contribution in [0.3, 0.4) is 0 Å².